The lowest BCUT2D eigenvalue weighted by Gasteiger charge is -2.11. The molecule has 0 rings (SSSR count). The van der Waals surface area contributed by atoms with Crippen molar-refractivity contribution in [1.82, 2.24) is 0 Å². The Morgan fingerprint density at radius 2 is 1.82 bits per heavy atom. The van der Waals surface area contributed by atoms with E-state index in [0.29, 0.717) is 5.75 Å². The predicted molar refractivity (Wildman–Crippen MR) is 49.4 cm³/mol. The Kier molecular flexibility index (Phi) is 6.42. The van der Waals surface area contributed by atoms with Crippen molar-refractivity contribution in [3.05, 3.63) is 0 Å². The lowest BCUT2D eigenvalue weighted by molar-refractivity contribution is 0.485. The van der Waals surface area contributed by atoms with E-state index in [0.717, 1.165) is 23.9 Å². The third-order valence-electron chi connectivity index (χ3n) is 0.944. The first-order valence-corrected chi connectivity index (χ1v) is 5.89. The Morgan fingerprint density at radius 1 is 1.18 bits per heavy atom. The van der Waals surface area contributed by atoms with Crippen molar-refractivity contribution in [3.63, 3.8) is 0 Å². The van der Waals surface area contributed by atoms with E-state index in [4.69, 9.17) is 0 Å². The fraction of sp³-hybridized carbons (Fsp3) is 1.00. The first-order valence-electron chi connectivity index (χ1n) is 3.34. The van der Waals surface area contributed by atoms with E-state index in [9.17, 15) is 12.9 Å². The fourth-order valence-electron chi connectivity index (χ4n) is 0.522. The molecular formula is C5H11BF3S2-. The molecule has 0 aromatic carbocycles. The summed E-state index contributed by atoms with van der Waals surface area (Å²) in [7, 11) is 0. The van der Waals surface area contributed by atoms with Crippen molar-refractivity contribution in [1.29, 1.82) is 0 Å². The van der Waals surface area contributed by atoms with Gasteiger partial charge in [-0.25, -0.2) is 0 Å². The molecule has 0 nitrogen and oxygen atoms in total. The number of hydrogen-bond donors (Lipinski definition) is 0. The molecule has 11 heavy (non-hydrogen) atoms. The highest BCUT2D eigenvalue weighted by Gasteiger charge is 2.21. The van der Waals surface area contributed by atoms with Crippen LogP contribution in [-0.4, -0.2) is 30.4 Å². The van der Waals surface area contributed by atoms with Gasteiger partial charge in [0.15, 0.2) is 0 Å². The molecule has 0 saturated heterocycles. The summed E-state index contributed by atoms with van der Waals surface area (Å²) in [6, 6.07) is 0. The summed E-state index contributed by atoms with van der Waals surface area (Å²) in [6.07, 6.45) is 2.83. The minimum Gasteiger partial charge on any atom is -0.448 e. The largest absolute Gasteiger partial charge is 0.488 e. The lowest BCUT2D eigenvalue weighted by Crippen LogP contribution is -2.19. The van der Waals surface area contributed by atoms with Crippen molar-refractivity contribution in [2.24, 2.45) is 0 Å². The highest BCUT2D eigenvalue weighted by atomic mass is 32.2. The molecule has 0 atom stereocenters. The Hall–Kier alpha value is 0.555. The molecule has 0 N–H and O–H groups in total. The van der Waals surface area contributed by atoms with E-state index in [2.05, 4.69) is 0 Å². The second-order valence-corrected chi connectivity index (χ2v) is 4.27. The zero-order valence-corrected chi connectivity index (χ0v) is 7.99. The van der Waals surface area contributed by atoms with Crippen molar-refractivity contribution in [3.8, 4) is 0 Å². The van der Waals surface area contributed by atoms with Gasteiger partial charge in [0.2, 0.25) is 0 Å². The van der Waals surface area contributed by atoms with Gasteiger partial charge in [0.1, 0.15) is 0 Å². The second-order valence-electron chi connectivity index (χ2n) is 2.13. The van der Waals surface area contributed by atoms with Crippen molar-refractivity contribution in [2.75, 3.05) is 23.4 Å². The zero-order chi connectivity index (χ0) is 8.74. The average Bonchev–Trinajstić information content (AvgIpc) is 1.85. The maximum absolute atomic E-state index is 11.6. The van der Waals surface area contributed by atoms with Crippen LogP contribution in [0.3, 0.4) is 0 Å². The van der Waals surface area contributed by atoms with Gasteiger partial charge in [-0.3, -0.25) is 0 Å². The number of thioether (sulfide) groups is 2. The maximum Gasteiger partial charge on any atom is 0.488 e. The molecule has 0 bridgehead atoms. The Morgan fingerprint density at radius 3 is 2.27 bits per heavy atom. The van der Waals surface area contributed by atoms with Gasteiger partial charge in [-0.1, -0.05) is 0 Å². The second kappa shape index (κ2) is 6.11. The van der Waals surface area contributed by atoms with E-state index in [1.807, 2.05) is 6.26 Å². The molecule has 0 aliphatic rings. The molecule has 0 unspecified atom stereocenters. The van der Waals surface area contributed by atoms with Crippen LogP contribution < -0.4 is 0 Å². The summed E-state index contributed by atoms with van der Waals surface area (Å²) < 4.78 is 34.8. The van der Waals surface area contributed by atoms with Gasteiger partial charge >= 0.3 is 6.98 Å². The summed E-state index contributed by atoms with van der Waals surface area (Å²) >= 11 is 2.66. The van der Waals surface area contributed by atoms with Crippen LogP contribution in [-0.2, 0) is 0 Å². The molecule has 6 heteroatoms. The minimum absolute atomic E-state index is 0.627. The quantitative estimate of drug-likeness (QED) is 0.480. The van der Waals surface area contributed by atoms with Crippen LogP contribution in [0.4, 0.5) is 12.9 Å². The molecule has 0 aliphatic carbocycles. The Labute approximate surface area is 73.7 Å². The van der Waals surface area contributed by atoms with Crippen LogP contribution in [0.25, 0.3) is 0 Å². The number of rotatable bonds is 6. The van der Waals surface area contributed by atoms with Crippen LogP contribution in [0.2, 0.25) is 0 Å². The summed E-state index contributed by atoms with van der Waals surface area (Å²) in [5.74, 6) is 1.58. The number of halogens is 3. The van der Waals surface area contributed by atoms with Crippen molar-refractivity contribution >= 4 is 30.5 Å². The smallest absolute Gasteiger partial charge is 0.448 e. The van der Waals surface area contributed by atoms with E-state index in [1.165, 1.54) is 0 Å². The van der Waals surface area contributed by atoms with Crippen LogP contribution >= 0.6 is 23.5 Å². The van der Waals surface area contributed by atoms with E-state index < -0.39 is 12.6 Å². The van der Waals surface area contributed by atoms with Gasteiger partial charge in [-0.2, -0.15) is 23.5 Å². The fourth-order valence-corrected chi connectivity index (χ4v) is 1.92. The van der Waals surface area contributed by atoms with E-state index in [-0.39, 0.29) is 0 Å². The molecule has 0 amide bonds. The first kappa shape index (κ1) is 11.6. The summed E-state index contributed by atoms with van der Waals surface area (Å²) in [5, 5.41) is 0. The highest BCUT2D eigenvalue weighted by Crippen LogP contribution is 2.16. The molecule has 0 radical (unpaired) electrons. The van der Waals surface area contributed by atoms with E-state index in [1.54, 1.807) is 11.8 Å². The third-order valence-corrected chi connectivity index (χ3v) is 2.83. The summed E-state index contributed by atoms with van der Waals surface area (Å²) in [5.41, 5.74) is -0.644. The number of hydrogen-bond acceptors (Lipinski definition) is 2. The standard InChI is InChI=1S/C5H11BF3S2/c1-10-3-2-4-11-5-6(7,8)9/h2-5H2,1H3/q-1. The van der Waals surface area contributed by atoms with Crippen molar-refractivity contribution < 1.29 is 12.9 Å². The highest BCUT2D eigenvalue weighted by molar-refractivity contribution is 8.01. The van der Waals surface area contributed by atoms with Gasteiger partial charge in [0.05, 0.1) is 0 Å². The molecule has 0 fully saturated rings. The van der Waals surface area contributed by atoms with Gasteiger partial charge in [0, 0.05) is 0 Å². The van der Waals surface area contributed by atoms with Gasteiger partial charge in [-0.15, -0.1) is 0 Å². The summed E-state index contributed by atoms with van der Waals surface area (Å²) in [4.78, 5) is 0. The lowest BCUT2D eigenvalue weighted by atomic mass is 9.98. The molecule has 0 heterocycles. The third kappa shape index (κ3) is 10.6. The first-order chi connectivity index (χ1) is 5.06. The molecule has 0 spiro atoms. The minimum atomic E-state index is -4.57. The monoisotopic (exact) mass is 203 g/mol. The SMILES string of the molecule is CSCCCSC[B-](F)(F)F. The van der Waals surface area contributed by atoms with Gasteiger partial charge in [0.25, 0.3) is 0 Å². The average molecular weight is 203 g/mol. The van der Waals surface area contributed by atoms with Gasteiger partial charge < -0.3 is 12.9 Å². The maximum atomic E-state index is 11.6. The molecular weight excluding hydrogens is 192 g/mol. The molecule has 0 aromatic heterocycles. The van der Waals surface area contributed by atoms with Gasteiger partial charge in [-0.05, 0) is 29.8 Å². The molecule has 0 aromatic rings. The van der Waals surface area contributed by atoms with Crippen LogP contribution in [0.5, 0.6) is 0 Å². The Bertz CT molecular complexity index is 96.2. The normalized spacial score (nSPS) is 12.0. The summed E-state index contributed by atoms with van der Waals surface area (Å²) in [6.45, 7) is -4.57. The topological polar surface area (TPSA) is 0 Å². The van der Waals surface area contributed by atoms with Crippen LogP contribution in [0.1, 0.15) is 6.42 Å². The van der Waals surface area contributed by atoms with Crippen molar-refractivity contribution in [2.45, 2.75) is 6.42 Å². The van der Waals surface area contributed by atoms with Crippen LogP contribution in [0.15, 0.2) is 0 Å². The van der Waals surface area contributed by atoms with Crippen LogP contribution in [0, 0.1) is 0 Å². The molecule has 68 valence electrons. The predicted octanol–water partition coefficient (Wildman–Crippen LogP) is 2.86. The Balaban J connectivity index is 3.02. The van der Waals surface area contributed by atoms with E-state index >= 15 is 0 Å². The molecule has 0 saturated carbocycles. The molecule has 0 aliphatic heterocycles. The zero-order valence-electron chi connectivity index (χ0n) is 6.36.